The van der Waals surface area contributed by atoms with E-state index in [9.17, 15) is 5.11 Å². The first-order valence-electron chi connectivity index (χ1n) is 6.10. The summed E-state index contributed by atoms with van der Waals surface area (Å²) in [5.41, 5.74) is 2.81. The molecule has 0 amide bonds. The molecule has 0 aliphatic heterocycles. The third-order valence-electron chi connectivity index (χ3n) is 2.88. The second-order valence-electron chi connectivity index (χ2n) is 4.30. The number of benzene rings is 2. The summed E-state index contributed by atoms with van der Waals surface area (Å²) in [6.45, 7) is 0.662. The van der Waals surface area contributed by atoms with Crippen molar-refractivity contribution in [1.82, 2.24) is 0 Å². The highest BCUT2D eigenvalue weighted by atomic mass is 35.5. The maximum absolute atomic E-state index is 9.70. The SMILES string of the molecule is OCCc1ccc(NCc2cc(Cl)ccc2O)cc1. The van der Waals surface area contributed by atoms with Crippen LogP contribution in [0, 0.1) is 0 Å². The Morgan fingerprint density at radius 2 is 1.79 bits per heavy atom. The van der Waals surface area contributed by atoms with E-state index in [0.717, 1.165) is 16.8 Å². The minimum absolute atomic E-state index is 0.156. The van der Waals surface area contributed by atoms with Crippen molar-refractivity contribution in [3.05, 3.63) is 58.6 Å². The van der Waals surface area contributed by atoms with Crippen molar-refractivity contribution in [2.24, 2.45) is 0 Å². The zero-order valence-corrected chi connectivity index (χ0v) is 11.2. The number of hydrogen-bond donors (Lipinski definition) is 3. The molecule has 0 bridgehead atoms. The van der Waals surface area contributed by atoms with Crippen LogP contribution < -0.4 is 5.32 Å². The third kappa shape index (κ3) is 3.88. The fourth-order valence-corrected chi connectivity index (χ4v) is 2.01. The summed E-state index contributed by atoms with van der Waals surface area (Å²) in [6, 6.07) is 12.8. The molecule has 2 aromatic rings. The van der Waals surface area contributed by atoms with E-state index in [2.05, 4.69) is 5.32 Å². The molecule has 0 saturated heterocycles. The van der Waals surface area contributed by atoms with Gasteiger partial charge in [0.25, 0.3) is 0 Å². The van der Waals surface area contributed by atoms with Crippen LogP contribution in [0.5, 0.6) is 5.75 Å². The van der Waals surface area contributed by atoms with Crippen LogP contribution >= 0.6 is 11.6 Å². The van der Waals surface area contributed by atoms with Crippen molar-refractivity contribution in [2.45, 2.75) is 13.0 Å². The molecule has 0 atom stereocenters. The van der Waals surface area contributed by atoms with Crippen LogP contribution in [0.1, 0.15) is 11.1 Å². The zero-order valence-electron chi connectivity index (χ0n) is 10.4. The minimum Gasteiger partial charge on any atom is -0.508 e. The Morgan fingerprint density at radius 3 is 2.47 bits per heavy atom. The average molecular weight is 278 g/mol. The molecular formula is C15H16ClNO2. The largest absolute Gasteiger partial charge is 0.508 e. The van der Waals surface area contributed by atoms with E-state index in [4.69, 9.17) is 16.7 Å². The van der Waals surface area contributed by atoms with Gasteiger partial charge < -0.3 is 15.5 Å². The average Bonchev–Trinajstić information content (AvgIpc) is 2.42. The van der Waals surface area contributed by atoms with Gasteiger partial charge in [-0.1, -0.05) is 23.7 Å². The van der Waals surface area contributed by atoms with Gasteiger partial charge in [-0.3, -0.25) is 0 Å². The number of nitrogens with one attached hydrogen (secondary N) is 1. The van der Waals surface area contributed by atoms with E-state index in [1.807, 2.05) is 24.3 Å². The molecule has 0 unspecified atom stereocenters. The van der Waals surface area contributed by atoms with Crippen LogP contribution in [0.15, 0.2) is 42.5 Å². The van der Waals surface area contributed by atoms with Crippen molar-refractivity contribution < 1.29 is 10.2 Å². The predicted octanol–water partition coefficient (Wildman–Crippen LogP) is 3.19. The first-order chi connectivity index (χ1) is 9.19. The number of aliphatic hydroxyl groups excluding tert-OH is 1. The Morgan fingerprint density at radius 1 is 1.05 bits per heavy atom. The van der Waals surface area contributed by atoms with E-state index in [1.165, 1.54) is 0 Å². The van der Waals surface area contributed by atoms with E-state index in [-0.39, 0.29) is 12.4 Å². The summed E-state index contributed by atoms with van der Waals surface area (Å²) in [7, 11) is 0. The summed E-state index contributed by atoms with van der Waals surface area (Å²) >= 11 is 5.89. The van der Waals surface area contributed by atoms with Gasteiger partial charge in [0.1, 0.15) is 5.75 Å². The van der Waals surface area contributed by atoms with Crippen LogP contribution in [-0.4, -0.2) is 16.8 Å². The Hall–Kier alpha value is -1.71. The van der Waals surface area contributed by atoms with E-state index < -0.39 is 0 Å². The van der Waals surface area contributed by atoms with E-state index in [1.54, 1.807) is 18.2 Å². The standard InChI is InChI=1S/C15H16ClNO2/c16-13-3-6-15(19)12(9-13)10-17-14-4-1-11(2-5-14)7-8-18/h1-6,9,17-19H,7-8,10H2. The number of halogens is 1. The molecule has 0 radical (unpaired) electrons. The molecule has 0 saturated carbocycles. The van der Waals surface area contributed by atoms with Gasteiger partial charge in [0.2, 0.25) is 0 Å². The third-order valence-corrected chi connectivity index (χ3v) is 3.11. The number of anilines is 1. The quantitative estimate of drug-likeness (QED) is 0.787. The minimum atomic E-state index is 0.156. The lowest BCUT2D eigenvalue weighted by Gasteiger charge is -2.09. The van der Waals surface area contributed by atoms with Gasteiger partial charge in [-0.05, 0) is 42.3 Å². The number of hydrogen-bond acceptors (Lipinski definition) is 3. The first kappa shape index (κ1) is 13.7. The fourth-order valence-electron chi connectivity index (χ4n) is 1.81. The van der Waals surface area contributed by atoms with Gasteiger partial charge in [0.05, 0.1) is 0 Å². The highest BCUT2D eigenvalue weighted by Gasteiger charge is 2.02. The highest BCUT2D eigenvalue weighted by molar-refractivity contribution is 6.30. The van der Waals surface area contributed by atoms with Crippen LogP contribution in [0.2, 0.25) is 5.02 Å². The molecule has 2 rings (SSSR count). The number of phenolic OH excluding ortho intramolecular Hbond substituents is 1. The van der Waals surface area contributed by atoms with Crippen molar-refractivity contribution >= 4 is 17.3 Å². The Bertz CT molecular complexity index is 540. The molecule has 0 aliphatic carbocycles. The summed E-state index contributed by atoms with van der Waals surface area (Å²) in [5, 5.41) is 22.4. The summed E-state index contributed by atoms with van der Waals surface area (Å²) < 4.78 is 0. The van der Waals surface area contributed by atoms with Crippen molar-refractivity contribution in [1.29, 1.82) is 0 Å². The lowest BCUT2D eigenvalue weighted by Crippen LogP contribution is -2.00. The fraction of sp³-hybridized carbons (Fsp3) is 0.200. The Labute approximate surface area is 117 Å². The van der Waals surface area contributed by atoms with Crippen molar-refractivity contribution in [3.63, 3.8) is 0 Å². The zero-order chi connectivity index (χ0) is 13.7. The molecule has 0 aliphatic rings. The summed E-state index contributed by atoms with van der Waals surface area (Å²) in [5.74, 6) is 0.230. The van der Waals surface area contributed by atoms with Crippen LogP contribution in [0.25, 0.3) is 0 Å². The molecule has 2 aromatic carbocycles. The van der Waals surface area contributed by atoms with Gasteiger partial charge >= 0.3 is 0 Å². The van der Waals surface area contributed by atoms with Gasteiger partial charge in [0, 0.05) is 29.4 Å². The number of rotatable bonds is 5. The maximum Gasteiger partial charge on any atom is 0.120 e. The smallest absolute Gasteiger partial charge is 0.120 e. The number of aliphatic hydroxyl groups is 1. The lowest BCUT2D eigenvalue weighted by molar-refractivity contribution is 0.299. The maximum atomic E-state index is 9.70. The predicted molar refractivity (Wildman–Crippen MR) is 77.7 cm³/mol. The molecule has 19 heavy (non-hydrogen) atoms. The molecule has 4 heteroatoms. The van der Waals surface area contributed by atoms with E-state index in [0.29, 0.717) is 18.0 Å². The first-order valence-corrected chi connectivity index (χ1v) is 6.48. The normalized spacial score (nSPS) is 10.4. The molecule has 0 heterocycles. The molecule has 0 aromatic heterocycles. The topological polar surface area (TPSA) is 52.5 Å². The molecule has 0 fully saturated rings. The number of phenols is 1. The molecule has 100 valence electrons. The van der Waals surface area contributed by atoms with Gasteiger partial charge in [0.15, 0.2) is 0 Å². The molecule has 3 nitrogen and oxygen atoms in total. The van der Waals surface area contributed by atoms with Gasteiger partial charge in [-0.25, -0.2) is 0 Å². The summed E-state index contributed by atoms with van der Waals surface area (Å²) in [4.78, 5) is 0. The molecule has 3 N–H and O–H groups in total. The monoisotopic (exact) mass is 277 g/mol. The van der Waals surface area contributed by atoms with Crippen molar-refractivity contribution in [2.75, 3.05) is 11.9 Å². The Balaban J connectivity index is 2.00. The van der Waals surface area contributed by atoms with E-state index >= 15 is 0 Å². The summed E-state index contributed by atoms with van der Waals surface area (Å²) in [6.07, 6.45) is 0.662. The molecular weight excluding hydrogens is 262 g/mol. The van der Waals surface area contributed by atoms with Crippen LogP contribution in [-0.2, 0) is 13.0 Å². The van der Waals surface area contributed by atoms with Crippen LogP contribution in [0.4, 0.5) is 5.69 Å². The molecule has 0 spiro atoms. The Kier molecular flexibility index (Phi) is 4.66. The number of aromatic hydroxyl groups is 1. The second-order valence-corrected chi connectivity index (χ2v) is 4.73. The van der Waals surface area contributed by atoms with Crippen molar-refractivity contribution in [3.8, 4) is 5.75 Å². The lowest BCUT2D eigenvalue weighted by atomic mass is 10.1. The van der Waals surface area contributed by atoms with Gasteiger partial charge in [-0.15, -0.1) is 0 Å². The van der Waals surface area contributed by atoms with Crippen LogP contribution in [0.3, 0.4) is 0 Å². The highest BCUT2D eigenvalue weighted by Crippen LogP contribution is 2.22. The van der Waals surface area contributed by atoms with Gasteiger partial charge in [-0.2, -0.15) is 0 Å². The second kappa shape index (κ2) is 6.45.